The fourth-order valence-electron chi connectivity index (χ4n) is 3.12. The Balaban J connectivity index is 1.54. The second kappa shape index (κ2) is 9.50. The lowest BCUT2D eigenvalue weighted by Gasteiger charge is -2.34. The van der Waals surface area contributed by atoms with Crippen LogP contribution in [0.1, 0.15) is 25.8 Å². The number of piperazine rings is 1. The summed E-state index contributed by atoms with van der Waals surface area (Å²) in [6, 6.07) is 6.08. The Morgan fingerprint density at radius 3 is 2.64 bits per heavy atom. The lowest BCUT2D eigenvalue weighted by molar-refractivity contribution is -0.133. The van der Waals surface area contributed by atoms with E-state index in [1.54, 1.807) is 7.11 Å². The number of carbonyl (C=O) groups excluding carboxylic acids is 1. The van der Waals surface area contributed by atoms with E-state index in [9.17, 15) is 4.79 Å². The highest BCUT2D eigenvalue weighted by Gasteiger charge is 2.22. The number of benzene rings is 1. The van der Waals surface area contributed by atoms with Gasteiger partial charge in [0.25, 0.3) is 0 Å². The average molecular weight is 388 g/mol. The standard InChI is InChI=1S/C19H28N6O3/c1-4-15(2)28-18-11-16(5-6-17(18)27-3)12-23-7-9-24(10-8-23)19(26)13-25-14-20-21-22-25/h5-6,11,14-15H,4,7-10,12-13H2,1-3H3. The third kappa shape index (κ3) is 5.19. The number of nitrogens with zero attached hydrogens (tertiary/aromatic N) is 6. The summed E-state index contributed by atoms with van der Waals surface area (Å²) < 4.78 is 12.9. The maximum absolute atomic E-state index is 12.3. The van der Waals surface area contributed by atoms with E-state index in [0.717, 1.165) is 37.6 Å². The lowest BCUT2D eigenvalue weighted by atomic mass is 10.1. The molecule has 2 aromatic rings. The van der Waals surface area contributed by atoms with Crippen molar-refractivity contribution in [2.75, 3.05) is 33.3 Å². The minimum absolute atomic E-state index is 0.0423. The molecule has 0 bridgehead atoms. The van der Waals surface area contributed by atoms with Crippen LogP contribution in [0.5, 0.6) is 11.5 Å². The molecule has 0 radical (unpaired) electrons. The van der Waals surface area contributed by atoms with E-state index in [1.807, 2.05) is 11.0 Å². The van der Waals surface area contributed by atoms with Gasteiger partial charge in [-0.3, -0.25) is 9.69 Å². The minimum atomic E-state index is 0.0423. The fourth-order valence-corrected chi connectivity index (χ4v) is 3.12. The summed E-state index contributed by atoms with van der Waals surface area (Å²) in [5.74, 6) is 1.58. The van der Waals surface area contributed by atoms with Crippen LogP contribution in [0.4, 0.5) is 0 Å². The molecule has 1 aliphatic heterocycles. The van der Waals surface area contributed by atoms with Gasteiger partial charge in [-0.1, -0.05) is 13.0 Å². The molecular weight excluding hydrogens is 360 g/mol. The minimum Gasteiger partial charge on any atom is -0.493 e. The number of hydrogen-bond donors (Lipinski definition) is 0. The molecule has 9 heteroatoms. The van der Waals surface area contributed by atoms with Crippen LogP contribution in [0.2, 0.25) is 0 Å². The lowest BCUT2D eigenvalue weighted by Crippen LogP contribution is -2.49. The number of rotatable bonds is 8. The predicted molar refractivity (Wildman–Crippen MR) is 103 cm³/mol. The van der Waals surface area contributed by atoms with Crippen LogP contribution in [0.15, 0.2) is 24.5 Å². The van der Waals surface area contributed by atoms with Gasteiger partial charge in [-0.15, -0.1) is 5.10 Å². The SMILES string of the molecule is CCC(C)Oc1cc(CN2CCN(C(=O)Cn3cnnn3)CC2)ccc1OC. The Labute approximate surface area is 165 Å². The van der Waals surface area contributed by atoms with Crippen molar-refractivity contribution in [1.29, 1.82) is 0 Å². The Morgan fingerprint density at radius 1 is 1.21 bits per heavy atom. The summed E-state index contributed by atoms with van der Waals surface area (Å²) in [4.78, 5) is 16.5. The monoisotopic (exact) mass is 388 g/mol. The molecule has 1 aromatic carbocycles. The Bertz CT molecular complexity index is 759. The van der Waals surface area contributed by atoms with Gasteiger partial charge in [0.15, 0.2) is 11.5 Å². The van der Waals surface area contributed by atoms with E-state index < -0.39 is 0 Å². The Kier molecular flexibility index (Phi) is 6.80. The number of hydrogen-bond acceptors (Lipinski definition) is 7. The van der Waals surface area contributed by atoms with Gasteiger partial charge in [-0.05, 0) is 41.5 Å². The van der Waals surface area contributed by atoms with Gasteiger partial charge in [0.2, 0.25) is 5.91 Å². The second-order valence-corrected chi connectivity index (χ2v) is 6.99. The topological polar surface area (TPSA) is 85.6 Å². The smallest absolute Gasteiger partial charge is 0.244 e. The van der Waals surface area contributed by atoms with Crippen molar-refractivity contribution >= 4 is 5.91 Å². The summed E-state index contributed by atoms with van der Waals surface area (Å²) in [6.45, 7) is 8.21. The van der Waals surface area contributed by atoms with Gasteiger partial charge in [0.1, 0.15) is 12.9 Å². The summed E-state index contributed by atoms with van der Waals surface area (Å²) in [6.07, 6.45) is 2.53. The van der Waals surface area contributed by atoms with Crippen molar-refractivity contribution in [3.8, 4) is 11.5 Å². The molecule has 152 valence electrons. The molecule has 9 nitrogen and oxygen atoms in total. The first-order valence-corrected chi connectivity index (χ1v) is 9.63. The number of tetrazole rings is 1. The third-order valence-electron chi connectivity index (χ3n) is 4.95. The van der Waals surface area contributed by atoms with Gasteiger partial charge in [-0.2, -0.15) is 0 Å². The summed E-state index contributed by atoms with van der Waals surface area (Å²) >= 11 is 0. The van der Waals surface area contributed by atoms with Crippen LogP contribution in [-0.2, 0) is 17.9 Å². The highest BCUT2D eigenvalue weighted by molar-refractivity contribution is 5.76. The molecule has 1 fully saturated rings. The van der Waals surface area contributed by atoms with Crippen molar-refractivity contribution in [3.05, 3.63) is 30.1 Å². The van der Waals surface area contributed by atoms with E-state index in [-0.39, 0.29) is 18.6 Å². The molecule has 3 rings (SSSR count). The molecule has 0 N–H and O–H groups in total. The third-order valence-corrected chi connectivity index (χ3v) is 4.95. The number of aromatic nitrogens is 4. The van der Waals surface area contributed by atoms with Gasteiger partial charge in [-0.25, -0.2) is 4.68 Å². The fraction of sp³-hybridized carbons (Fsp3) is 0.579. The zero-order valence-electron chi connectivity index (χ0n) is 16.7. The summed E-state index contributed by atoms with van der Waals surface area (Å²) in [5, 5.41) is 10.9. The molecule has 1 amide bonds. The molecule has 2 heterocycles. The molecular formula is C19H28N6O3. The van der Waals surface area contributed by atoms with Gasteiger partial charge in [0.05, 0.1) is 13.2 Å². The van der Waals surface area contributed by atoms with Gasteiger partial charge in [0, 0.05) is 32.7 Å². The maximum Gasteiger partial charge on any atom is 0.244 e. The quantitative estimate of drug-likeness (QED) is 0.672. The number of methoxy groups -OCH3 is 1. The van der Waals surface area contributed by atoms with Crippen LogP contribution in [-0.4, -0.2) is 75.3 Å². The average Bonchev–Trinajstić information content (AvgIpc) is 3.21. The first-order chi connectivity index (χ1) is 13.6. The first kappa shape index (κ1) is 20.1. The van der Waals surface area contributed by atoms with E-state index in [1.165, 1.54) is 16.6 Å². The molecule has 0 spiro atoms. The largest absolute Gasteiger partial charge is 0.493 e. The number of ether oxygens (including phenoxy) is 2. The van der Waals surface area contributed by atoms with Crippen LogP contribution in [0.25, 0.3) is 0 Å². The molecule has 0 saturated carbocycles. The Morgan fingerprint density at radius 2 is 2.00 bits per heavy atom. The van der Waals surface area contributed by atoms with Crippen molar-refractivity contribution < 1.29 is 14.3 Å². The molecule has 1 aliphatic rings. The normalized spacial score (nSPS) is 16.0. The van der Waals surface area contributed by atoms with E-state index >= 15 is 0 Å². The van der Waals surface area contributed by atoms with Crippen molar-refractivity contribution in [2.24, 2.45) is 0 Å². The molecule has 0 aliphatic carbocycles. The Hall–Kier alpha value is -2.68. The zero-order chi connectivity index (χ0) is 19.9. The molecule has 28 heavy (non-hydrogen) atoms. The van der Waals surface area contributed by atoms with Crippen LogP contribution < -0.4 is 9.47 Å². The van der Waals surface area contributed by atoms with Crippen LogP contribution in [0, 0.1) is 0 Å². The molecule has 1 unspecified atom stereocenters. The highest BCUT2D eigenvalue weighted by atomic mass is 16.5. The van der Waals surface area contributed by atoms with Gasteiger partial charge >= 0.3 is 0 Å². The molecule has 1 saturated heterocycles. The second-order valence-electron chi connectivity index (χ2n) is 6.99. The van der Waals surface area contributed by atoms with Crippen LogP contribution >= 0.6 is 0 Å². The van der Waals surface area contributed by atoms with Crippen molar-refractivity contribution in [3.63, 3.8) is 0 Å². The zero-order valence-corrected chi connectivity index (χ0v) is 16.7. The van der Waals surface area contributed by atoms with Crippen molar-refractivity contribution in [1.82, 2.24) is 30.0 Å². The van der Waals surface area contributed by atoms with Crippen molar-refractivity contribution in [2.45, 2.75) is 39.5 Å². The summed E-state index contributed by atoms with van der Waals surface area (Å²) in [7, 11) is 1.66. The highest BCUT2D eigenvalue weighted by Crippen LogP contribution is 2.30. The van der Waals surface area contributed by atoms with E-state index in [0.29, 0.717) is 13.1 Å². The van der Waals surface area contributed by atoms with Gasteiger partial charge < -0.3 is 14.4 Å². The molecule has 1 aromatic heterocycles. The maximum atomic E-state index is 12.3. The van der Waals surface area contributed by atoms with E-state index in [4.69, 9.17) is 9.47 Å². The van der Waals surface area contributed by atoms with Crippen LogP contribution in [0.3, 0.4) is 0 Å². The van der Waals surface area contributed by atoms with E-state index in [2.05, 4.69) is 46.4 Å². The number of carbonyl (C=O) groups is 1. The predicted octanol–water partition coefficient (Wildman–Crippen LogP) is 1.20. The molecule has 1 atom stereocenters. The number of amides is 1. The summed E-state index contributed by atoms with van der Waals surface area (Å²) in [5.41, 5.74) is 1.17. The first-order valence-electron chi connectivity index (χ1n) is 9.63.